The minimum atomic E-state index is -0.317. The third kappa shape index (κ3) is 4.77. The second-order valence-corrected chi connectivity index (χ2v) is 4.61. The van der Waals surface area contributed by atoms with E-state index in [2.05, 4.69) is 15.3 Å². The predicted octanol–water partition coefficient (Wildman–Crippen LogP) is -1.15. The number of nitrogens with zero attached hydrogens (tertiary/aromatic N) is 2. The molecule has 3 unspecified atom stereocenters. The lowest BCUT2D eigenvalue weighted by molar-refractivity contribution is 0.0324. The Balaban J connectivity index is 2.55. The SMILES string of the molecule is CN=C(N)C(NC)C(N)=NC1CCC(OCCO)C1. The van der Waals surface area contributed by atoms with Crippen molar-refractivity contribution in [2.45, 2.75) is 37.5 Å². The standard InChI is InChI=1S/C12H25N5O2/c1-15-10(11(13)16-2)12(14)17-8-3-4-9(7-8)19-6-5-18/h8-10,15,18H,3-7H2,1-2H3,(H2,13,16)(H2,14,17). The zero-order chi connectivity index (χ0) is 14.3. The summed E-state index contributed by atoms with van der Waals surface area (Å²) in [6.07, 6.45) is 2.89. The monoisotopic (exact) mass is 271 g/mol. The van der Waals surface area contributed by atoms with Crippen molar-refractivity contribution >= 4 is 11.7 Å². The largest absolute Gasteiger partial charge is 0.394 e. The van der Waals surface area contributed by atoms with E-state index in [4.69, 9.17) is 21.3 Å². The molecule has 0 aromatic carbocycles. The molecule has 0 aromatic heterocycles. The van der Waals surface area contributed by atoms with Crippen LogP contribution in [0.25, 0.3) is 0 Å². The van der Waals surface area contributed by atoms with Gasteiger partial charge in [0.25, 0.3) is 0 Å². The van der Waals surface area contributed by atoms with Crippen LogP contribution < -0.4 is 16.8 Å². The lowest BCUT2D eigenvalue weighted by atomic mass is 10.2. The van der Waals surface area contributed by atoms with Crippen molar-refractivity contribution < 1.29 is 9.84 Å². The number of ether oxygens (including phenoxy) is 1. The van der Waals surface area contributed by atoms with E-state index in [1.807, 2.05) is 0 Å². The fourth-order valence-electron chi connectivity index (χ4n) is 2.27. The molecule has 0 saturated heterocycles. The Kier molecular flexibility index (Phi) is 6.75. The molecular formula is C12H25N5O2. The minimum absolute atomic E-state index is 0.0535. The maximum absolute atomic E-state index is 8.72. The number of aliphatic imine (C=N–C) groups is 2. The van der Waals surface area contributed by atoms with Gasteiger partial charge in [-0.3, -0.25) is 9.98 Å². The van der Waals surface area contributed by atoms with Crippen LogP contribution in [0.4, 0.5) is 0 Å². The highest BCUT2D eigenvalue weighted by molar-refractivity contribution is 6.08. The van der Waals surface area contributed by atoms with Gasteiger partial charge in [0.1, 0.15) is 17.7 Å². The normalized spacial score (nSPS) is 26.7. The number of nitrogens with one attached hydrogen (secondary N) is 1. The molecule has 1 aliphatic carbocycles. The second kappa shape index (κ2) is 8.08. The van der Waals surface area contributed by atoms with Gasteiger partial charge in [0.05, 0.1) is 25.4 Å². The molecule has 1 rings (SSSR count). The summed E-state index contributed by atoms with van der Waals surface area (Å²) in [4.78, 5) is 8.43. The van der Waals surface area contributed by atoms with Gasteiger partial charge in [-0.25, -0.2) is 0 Å². The molecule has 7 nitrogen and oxygen atoms in total. The Labute approximate surface area is 114 Å². The Morgan fingerprint density at radius 2 is 2.16 bits per heavy atom. The predicted molar refractivity (Wildman–Crippen MR) is 76.5 cm³/mol. The molecule has 19 heavy (non-hydrogen) atoms. The van der Waals surface area contributed by atoms with Crippen molar-refractivity contribution in [3.8, 4) is 0 Å². The zero-order valence-electron chi connectivity index (χ0n) is 11.7. The van der Waals surface area contributed by atoms with Crippen molar-refractivity contribution in [2.75, 3.05) is 27.3 Å². The minimum Gasteiger partial charge on any atom is -0.394 e. The molecule has 0 spiro atoms. The molecule has 0 aliphatic heterocycles. The smallest absolute Gasteiger partial charge is 0.122 e. The number of amidine groups is 2. The number of aliphatic hydroxyl groups is 1. The van der Waals surface area contributed by atoms with Crippen LogP contribution in [0.2, 0.25) is 0 Å². The van der Waals surface area contributed by atoms with Crippen LogP contribution in [0, 0.1) is 0 Å². The molecule has 0 heterocycles. The van der Waals surface area contributed by atoms with Crippen LogP contribution in [0.3, 0.4) is 0 Å². The first-order valence-corrected chi connectivity index (χ1v) is 6.57. The van der Waals surface area contributed by atoms with Gasteiger partial charge in [-0.15, -0.1) is 0 Å². The van der Waals surface area contributed by atoms with Gasteiger partial charge in [0.15, 0.2) is 0 Å². The molecular weight excluding hydrogens is 246 g/mol. The fourth-order valence-corrected chi connectivity index (χ4v) is 2.27. The first-order valence-electron chi connectivity index (χ1n) is 6.57. The highest BCUT2D eigenvalue weighted by Gasteiger charge is 2.26. The van der Waals surface area contributed by atoms with Gasteiger partial charge in [-0.2, -0.15) is 0 Å². The molecule has 1 fully saturated rings. The molecule has 0 amide bonds. The number of hydrogen-bond donors (Lipinski definition) is 4. The number of nitrogens with two attached hydrogens (primary N) is 2. The van der Waals surface area contributed by atoms with Gasteiger partial charge in [-0.05, 0) is 26.3 Å². The highest BCUT2D eigenvalue weighted by atomic mass is 16.5. The summed E-state index contributed by atoms with van der Waals surface area (Å²) in [6.45, 7) is 0.434. The molecule has 7 heteroatoms. The Hall–Kier alpha value is -1.18. The first-order chi connectivity index (χ1) is 9.12. The number of likely N-dealkylation sites (N-methyl/N-ethyl adjacent to an activating group) is 1. The topological polar surface area (TPSA) is 118 Å². The lowest BCUT2D eigenvalue weighted by Gasteiger charge is -2.16. The van der Waals surface area contributed by atoms with E-state index >= 15 is 0 Å². The summed E-state index contributed by atoms with van der Waals surface area (Å²) >= 11 is 0. The Morgan fingerprint density at radius 3 is 2.74 bits per heavy atom. The van der Waals surface area contributed by atoms with Crippen LogP contribution >= 0.6 is 0 Å². The summed E-state index contributed by atoms with van der Waals surface area (Å²) in [5, 5.41) is 11.7. The third-order valence-corrected chi connectivity index (χ3v) is 3.27. The summed E-state index contributed by atoms with van der Waals surface area (Å²) in [5.41, 5.74) is 11.7. The Morgan fingerprint density at radius 1 is 1.42 bits per heavy atom. The molecule has 3 atom stereocenters. The quantitative estimate of drug-likeness (QED) is 0.344. The van der Waals surface area contributed by atoms with Gasteiger partial charge in [0, 0.05) is 7.05 Å². The molecule has 6 N–H and O–H groups in total. The van der Waals surface area contributed by atoms with E-state index in [9.17, 15) is 0 Å². The lowest BCUT2D eigenvalue weighted by Crippen LogP contribution is -2.49. The first kappa shape index (κ1) is 15.9. The average molecular weight is 271 g/mol. The second-order valence-electron chi connectivity index (χ2n) is 4.61. The van der Waals surface area contributed by atoms with Crippen molar-refractivity contribution in [1.29, 1.82) is 0 Å². The van der Waals surface area contributed by atoms with E-state index in [1.54, 1.807) is 14.1 Å². The van der Waals surface area contributed by atoms with Crippen molar-refractivity contribution in [1.82, 2.24) is 5.32 Å². The molecule has 1 saturated carbocycles. The van der Waals surface area contributed by atoms with Gasteiger partial charge in [0.2, 0.25) is 0 Å². The van der Waals surface area contributed by atoms with E-state index < -0.39 is 0 Å². The van der Waals surface area contributed by atoms with Crippen LogP contribution in [0.15, 0.2) is 9.98 Å². The number of rotatable bonds is 7. The zero-order valence-corrected chi connectivity index (χ0v) is 11.7. The van der Waals surface area contributed by atoms with Crippen LogP contribution in [-0.2, 0) is 4.74 Å². The summed E-state index contributed by atoms with van der Waals surface area (Å²) in [5.74, 6) is 0.883. The van der Waals surface area contributed by atoms with E-state index in [0.29, 0.717) is 18.3 Å². The van der Waals surface area contributed by atoms with E-state index in [1.165, 1.54) is 0 Å². The molecule has 110 valence electrons. The van der Waals surface area contributed by atoms with Crippen LogP contribution in [0.1, 0.15) is 19.3 Å². The summed E-state index contributed by atoms with van der Waals surface area (Å²) < 4.78 is 5.50. The van der Waals surface area contributed by atoms with Crippen molar-refractivity contribution in [2.24, 2.45) is 21.5 Å². The maximum Gasteiger partial charge on any atom is 0.122 e. The molecule has 0 aromatic rings. The number of hydrogen-bond acceptors (Lipinski definition) is 5. The van der Waals surface area contributed by atoms with Crippen molar-refractivity contribution in [3.05, 3.63) is 0 Å². The fraction of sp³-hybridized carbons (Fsp3) is 0.833. The highest BCUT2D eigenvalue weighted by Crippen LogP contribution is 2.24. The maximum atomic E-state index is 8.72. The van der Waals surface area contributed by atoms with Crippen molar-refractivity contribution in [3.63, 3.8) is 0 Å². The summed E-state index contributed by atoms with van der Waals surface area (Å²) in [6, 6.07) is -0.161. The van der Waals surface area contributed by atoms with Gasteiger partial charge in [-0.1, -0.05) is 0 Å². The number of aliphatic hydroxyl groups excluding tert-OH is 1. The van der Waals surface area contributed by atoms with Crippen LogP contribution in [-0.4, -0.2) is 62.3 Å². The molecule has 0 radical (unpaired) electrons. The van der Waals surface area contributed by atoms with Gasteiger partial charge >= 0.3 is 0 Å². The molecule has 1 aliphatic rings. The van der Waals surface area contributed by atoms with Gasteiger partial charge < -0.3 is 26.6 Å². The third-order valence-electron chi connectivity index (χ3n) is 3.27. The van der Waals surface area contributed by atoms with E-state index in [0.717, 1.165) is 19.3 Å². The Bertz CT molecular complexity index is 332. The van der Waals surface area contributed by atoms with E-state index in [-0.39, 0.29) is 24.8 Å². The van der Waals surface area contributed by atoms with Crippen LogP contribution in [0.5, 0.6) is 0 Å². The average Bonchev–Trinajstić information content (AvgIpc) is 2.84. The summed E-state index contributed by atoms with van der Waals surface area (Å²) in [7, 11) is 3.40. The molecule has 0 bridgehead atoms.